The van der Waals surface area contributed by atoms with Crippen molar-refractivity contribution in [2.75, 3.05) is 13.1 Å². The molecule has 1 aliphatic heterocycles. The van der Waals surface area contributed by atoms with Gasteiger partial charge in [0.05, 0.1) is 16.4 Å². The van der Waals surface area contributed by atoms with Crippen LogP contribution in [-0.2, 0) is 12.8 Å². The van der Waals surface area contributed by atoms with Gasteiger partial charge in [-0.1, -0.05) is 19.3 Å². The molecular formula is C24H32N4OS. The van der Waals surface area contributed by atoms with E-state index in [-0.39, 0.29) is 5.91 Å². The van der Waals surface area contributed by atoms with Gasteiger partial charge < -0.3 is 4.90 Å². The van der Waals surface area contributed by atoms with Crippen molar-refractivity contribution in [1.82, 2.24) is 20.1 Å². The SMILES string of the molecule is Cc1ccc(C(=O)N2CCC(c3nc4c(s3)CCC(CC3CCC3)CC4)CC2)nn1. The molecule has 1 atom stereocenters. The molecule has 30 heavy (non-hydrogen) atoms. The van der Waals surface area contributed by atoms with Crippen molar-refractivity contribution in [3.63, 3.8) is 0 Å². The Labute approximate surface area is 183 Å². The van der Waals surface area contributed by atoms with E-state index in [9.17, 15) is 4.79 Å². The first-order valence-corrected chi connectivity index (χ1v) is 12.6. The van der Waals surface area contributed by atoms with Crippen LogP contribution in [0, 0.1) is 18.8 Å². The predicted molar refractivity (Wildman–Crippen MR) is 119 cm³/mol. The second kappa shape index (κ2) is 8.74. The average molecular weight is 425 g/mol. The molecule has 0 radical (unpaired) electrons. The van der Waals surface area contributed by atoms with Crippen LogP contribution in [-0.4, -0.2) is 39.1 Å². The minimum absolute atomic E-state index is 0.00775. The van der Waals surface area contributed by atoms with Crippen LogP contribution in [0.3, 0.4) is 0 Å². The summed E-state index contributed by atoms with van der Waals surface area (Å²) in [6, 6.07) is 3.64. The summed E-state index contributed by atoms with van der Waals surface area (Å²) in [5, 5.41) is 9.41. The lowest BCUT2D eigenvalue weighted by Crippen LogP contribution is -2.38. The quantitative estimate of drug-likeness (QED) is 0.652. The number of piperidine rings is 1. The molecule has 3 heterocycles. The summed E-state index contributed by atoms with van der Waals surface area (Å²) >= 11 is 1.97. The lowest BCUT2D eigenvalue weighted by atomic mass is 9.77. The number of hydrogen-bond donors (Lipinski definition) is 0. The molecule has 2 aromatic heterocycles. The maximum absolute atomic E-state index is 12.7. The van der Waals surface area contributed by atoms with Gasteiger partial charge in [0, 0.05) is 23.9 Å². The van der Waals surface area contributed by atoms with Crippen LogP contribution in [0.4, 0.5) is 0 Å². The molecule has 0 N–H and O–H groups in total. The van der Waals surface area contributed by atoms with Gasteiger partial charge in [-0.25, -0.2) is 4.98 Å². The van der Waals surface area contributed by atoms with Gasteiger partial charge in [-0.2, -0.15) is 5.10 Å². The number of fused-ring (bicyclic) bond motifs is 1. The van der Waals surface area contributed by atoms with Crippen LogP contribution >= 0.6 is 11.3 Å². The minimum atomic E-state index is 0.00775. The van der Waals surface area contributed by atoms with Crippen LogP contribution < -0.4 is 0 Å². The molecular weight excluding hydrogens is 392 g/mol. The molecule has 2 aromatic rings. The third-order valence-corrected chi connectivity index (χ3v) is 8.72. The third-order valence-electron chi connectivity index (χ3n) is 7.40. The fraction of sp³-hybridized carbons (Fsp3) is 0.667. The number of carbonyl (C=O) groups excluding carboxylic acids is 1. The summed E-state index contributed by atoms with van der Waals surface area (Å²) in [6.07, 6.45) is 13.0. The zero-order valence-corrected chi connectivity index (χ0v) is 18.8. The molecule has 6 heteroatoms. The highest BCUT2D eigenvalue weighted by Gasteiger charge is 2.29. The van der Waals surface area contributed by atoms with Gasteiger partial charge in [-0.3, -0.25) is 4.79 Å². The van der Waals surface area contributed by atoms with E-state index in [0.29, 0.717) is 11.6 Å². The summed E-state index contributed by atoms with van der Waals surface area (Å²) in [7, 11) is 0. The molecule has 0 bridgehead atoms. The van der Waals surface area contributed by atoms with Gasteiger partial charge in [0.2, 0.25) is 0 Å². The van der Waals surface area contributed by atoms with Crippen molar-refractivity contribution in [3.8, 4) is 0 Å². The Morgan fingerprint density at radius 2 is 1.80 bits per heavy atom. The number of aryl methyl sites for hydroxylation is 3. The van der Waals surface area contributed by atoms with Gasteiger partial charge in [-0.15, -0.1) is 16.4 Å². The minimum Gasteiger partial charge on any atom is -0.337 e. The first-order chi connectivity index (χ1) is 14.7. The molecule has 160 valence electrons. The van der Waals surface area contributed by atoms with Crippen molar-refractivity contribution in [1.29, 1.82) is 0 Å². The van der Waals surface area contributed by atoms with E-state index in [2.05, 4.69) is 10.2 Å². The molecule has 1 saturated heterocycles. The highest BCUT2D eigenvalue weighted by Crippen LogP contribution is 2.39. The zero-order valence-electron chi connectivity index (χ0n) is 18.0. The number of rotatable bonds is 4. The number of thiazole rings is 1. The molecule has 0 aromatic carbocycles. The van der Waals surface area contributed by atoms with E-state index < -0.39 is 0 Å². The monoisotopic (exact) mass is 424 g/mol. The Morgan fingerprint density at radius 3 is 2.50 bits per heavy atom. The van der Waals surface area contributed by atoms with Crippen LogP contribution in [0.25, 0.3) is 0 Å². The van der Waals surface area contributed by atoms with Gasteiger partial charge in [-0.05, 0) is 75.8 Å². The molecule has 0 spiro atoms. The van der Waals surface area contributed by atoms with Gasteiger partial charge >= 0.3 is 0 Å². The Balaban J connectivity index is 1.16. The maximum Gasteiger partial charge on any atom is 0.274 e. The number of aromatic nitrogens is 3. The topological polar surface area (TPSA) is 59.0 Å². The van der Waals surface area contributed by atoms with Crippen LogP contribution in [0.2, 0.25) is 0 Å². The maximum atomic E-state index is 12.7. The van der Waals surface area contributed by atoms with Crippen molar-refractivity contribution in [2.45, 2.75) is 77.0 Å². The number of carbonyl (C=O) groups is 1. The first kappa shape index (κ1) is 20.1. The molecule has 2 fully saturated rings. The van der Waals surface area contributed by atoms with Gasteiger partial charge in [0.15, 0.2) is 5.69 Å². The molecule has 1 saturated carbocycles. The summed E-state index contributed by atoms with van der Waals surface area (Å²) in [5.74, 6) is 2.45. The standard InChI is InChI=1S/C24H32N4OS/c1-16-5-8-21(27-26-16)24(29)28-13-11-19(12-14-28)23-25-20-9-6-18(7-10-22(20)30-23)15-17-3-2-4-17/h5,8,17-19H,2-4,6-7,9-15H2,1H3. The second-order valence-corrected chi connectivity index (χ2v) is 10.6. The highest BCUT2D eigenvalue weighted by molar-refractivity contribution is 7.11. The van der Waals surface area contributed by atoms with E-state index in [0.717, 1.165) is 43.5 Å². The fourth-order valence-electron chi connectivity index (χ4n) is 5.23. The summed E-state index contributed by atoms with van der Waals surface area (Å²) in [4.78, 5) is 21.3. The predicted octanol–water partition coefficient (Wildman–Crippen LogP) is 4.95. The number of hydrogen-bond acceptors (Lipinski definition) is 5. The smallest absolute Gasteiger partial charge is 0.274 e. The van der Waals surface area contributed by atoms with E-state index in [4.69, 9.17) is 4.98 Å². The first-order valence-electron chi connectivity index (χ1n) is 11.7. The summed E-state index contributed by atoms with van der Waals surface area (Å²) < 4.78 is 0. The summed E-state index contributed by atoms with van der Waals surface area (Å²) in [5.41, 5.74) is 2.68. The Kier molecular flexibility index (Phi) is 5.85. The van der Waals surface area contributed by atoms with E-state index in [1.54, 1.807) is 10.9 Å². The van der Waals surface area contributed by atoms with E-state index >= 15 is 0 Å². The molecule has 5 nitrogen and oxygen atoms in total. The van der Waals surface area contributed by atoms with Crippen molar-refractivity contribution < 1.29 is 4.79 Å². The third kappa shape index (κ3) is 4.29. The summed E-state index contributed by atoms with van der Waals surface area (Å²) in [6.45, 7) is 3.45. The second-order valence-electron chi connectivity index (χ2n) is 9.52. The highest BCUT2D eigenvalue weighted by atomic mass is 32.1. The van der Waals surface area contributed by atoms with Crippen molar-refractivity contribution in [2.24, 2.45) is 11.8 Å². The molecule has 1 amide bonds. The van der Waals surface area contributed by atoms with Crippen LogP contribution in [0.1, 0.15) is 89.0 Å². The van der Waals surface area contributed by atoms with Gasteiger partial charge in [0.25, 0.3) is 5.91 Å². The lowest BCUT2D eigenvalue weighted by Gasteiger charge is -2.31. The lowest BCUT2D eigenvalue weighted by molar-refractivity contribution is 0.0705. The number of amides is 1. The molecule has 5 rings (SSSR count). The van der Waals surface area contributed by atoms with Crippen molar-refractivity contribution in [3.05, 3.63) is 39.1 Å². The number of likely N-dealkylation sites (tertiary alicyclic amines) is 1. The van der Waals surface area contributed by atoms with Gasteiger partial charge in [0.1, 0.15) is 0 Å². The van der Waals surface area contributed by atoms with E-state index in [1.807, 2.05) is 29.2 Å². The zero-order chi connectivity index (χ0) is 20.5. The Morgan fingerprint density at radius 1 is 1.03 bits per heavy atom. The van der Waals surface area contributed by atoms with Crippen LogP contribution in [0.15, 0.2) is 12.1 Å². The normalized spacial score (nSPS) is 23.0. The fourth-order valence-corrected chi connectivity index (χ4v) is 6.53. The Bertz CT molecular complexity index is 856. The van der Waals surface area contributed by atoms with Crippen molar-refractivity contribution >= 4 is 17.2 Å². The Hall–Kier alpha value is -1.82. The average Bonchev–Trinajstić information content (AvgIpc) is 3.06. The number of nitrogens with zero attached hydrogens (tertiary/aromatic N) is 4. The van der Waals surface area contributed by atoms with E-state index in [1.165, 1.54) is 62.1 Å². The molecule has 2 aliphatic carbocycles. The molecule has 3 aliphatic rings. The molecule has 1 unspecified atom stereocenters. The van der Waals surface area contributed by atoms with Crippen LogP contribution in [0.5, 0.6) is 0 Å². The largest absolute Gasteiger partial charge is 0.337 e.